The lowest BCUT2D eigenvalue weighted by atomic mass is 10.3. The molecule has 0 fully saturated rings. The van der Waals surface area contributed by atoms with Gasteiger partial charge in [0.15, 0.2) is 6.29 Å². The quantitative estimate of drug-likeness (QED) is 0.573. The fourth-order valence-corrected chi connectivity index (χ4v) is 0.873. The molecule has 0 N–H and O–H groups in total. The Morgan fingerprint density at radius 2 is 2.14 bits per heavy atom. The minimum atomic E-state index is -4.86. The summed E-state index contributed by atoms with van der Waals surface area (Å²) in [5, 5.41) is -0.185. The van der Waals surface area contributed by atoms with Gasteiger partial charge in [-0.1, -0.05) is 11.6 Å². The number of nitrogens with zero attached hydrogens (tertiary/aromatic N) is 1. The van der Waals surface area contributed by atoms with Crippen molar-refractivity contribution in [3.05, 3.63) is 23.0 Å². The average Bonchev–Trinajstić information content (AvgIpc) is 2.01. The summed E-state index contributed by atoms with van der Waals surface area (Å²) in [5.74, 6) is -0.660. The highest BCUT2D eigenvalue weighted by molar-refractivity contribution is 6.29. The van der Waals surface area contributed by atoms with Crippen molar-refractivity contribution in [3.63, 3.8) is 0 Å². The molecular weight excluding hydrogens is 223 g/mol. The Morgan fingerprint density at radius 1 is 1.50 bits per heavy atom. The molecule has 0 saturated carbocycles. The fourth-order valence-electron chi connectivity index (χ4n) is 0.725. The van der Waals surface area contributed by atoms with Crippen molar-refractivity contribution < 1.29 is 22.7 Å². The Kier molecular flexibility index (Phi) is 2.95. The normalized spacial score (nSPS) is 11.1. The van der Waals surface area contributed by atoms with Gasteiger partial charge >= 0.3 is 6.36 Å². The fraction of sp³-hybridized carbons (Fsp3) is 0.143. The molecule has 0 aliphatic rings. The summed E-state index contributed by atoms with van der Waals surface area (Å²) in [4.78, 5) is 13.7. The number of aldehydes is 1. The molecule has 0 unspecified atom stereocenters. The summed E-state index contributed by atoms with van der Waals surface area (Å²) in [6, 6.07) is 0.818. The monoisotopic (exact) mass is 225 g/mol. The van der Waals surface area contributed by atoms with Crippen molar-refractivity contribution in [1.29, 1.82) is 0 Å². The second kappa shape index (κ2) is 3.83. The van der Waals surface area contributed by atoms with Gasteiger partial charge in [-0.25, -0.2) is 4.98 Å². The Morgan fingerprint density at radius 3 is 2.64 bits per heavy atom. The largest absolute Gasteiger partial charge is 0.573 e. The van der Waals surface area contributed by atoms with Crippen LogP contribution in [0.1, 0.15) is 10.4 Å². The van der Waals surface area contributed by atoms with E-state index >= 15 is 0 Å². The molecule has 0 spiro atoms. The van der Waals surface area contributed by atoms with Crippen LogP contribution in [0.5, 0.6) is 5.75 Å². The van der Waals surface area contributed by atoms with E-state index < -0.39 is 12.1 Å². The SMILES string of the molecule is O=Cc1cnc(Cl)cc1OC(F)(F)F. The molecule has 0 atom stereocenters. The van der Waals surface area contributed by atoms with E-state index in [9.17, 15) is 18.0 Å². The maximum absolute atomic E-state index is 11.8. The number of ether oxygens (including phenoxy) is 1. The maximum Gasteiger partial charge on any atom is 0.573 e. The molecule has 0 saturated heterocycles. The standard InChI is InChI=1S/C7H3ClF3NO2/c8-6-1-5(14-7(9,10)11)4(3-13)2-12-6/h1-3H. The Balaban J connectivity index is 3.05. The number of carbonyl (C=O) groups excluding carboxylic acids is 1. The Hall–Kier alpha value is -1.30. The van der Waals surface area contributed by atoms with Crippen LogP contribution in [-0.4, -0.2) is 17.6 Å². The maximum atomic E-state index is 11.8. The molecule has 0 radical (unpaired) electrons. The third kappa shape index (κ3) is 2.88. The van der Waals surface area contributed by atoms with E-state index in [4.69, 9.17) is 11.6 Å². The molecule has 1 rings (SSSR count). The molecular formula is C7H3ClF3NO2. The number of aromatic nitrogens is 1. The topological polar surface area (TPSA) is 39.2 Å². The van der Waals surface area contributed by atoms with Crippen LogP contribution in [0.3, 0.4) is 0 Å². The summed E-state index contributed by atoms with van der Waals surface area (Å²) in [5.41, 5.74) is -0.313. The van der Waals surface area contributed by atoms with Crippen LogP contribution in [-0.2, 0) is 0 Å². The number of halogens is 4. The highest BCUT2D eigenvalue weighted by atomic mass is 35.5. The molecule has 0 aliphatic carbocycles. The molecule has 0 aromatic carbocycles. The number of carbonyl (C=O) groups is 1. The van der Waals surface area contributed by atoms with E-state index in [2.05, 4.69) is 9.72 Å². The zero-order valence-electron chi connectivity index (χ0n) is 6.51. The number of alkyl halides is 3. The van der Waals surface area contributed by atoms with Crippen molar-refractivity contribution >= 4 is 17.9 Å². The summed E-state index contributed by atoms with van der Waals surface area (Å²) in [6.45, 7) is 0. The van der Waals surface area contributed by atoms with Crippen LogP contribution in [0.4, 0.5) is 13.2 Å². The van der Waals surface area contributed by atoms with Gasteiger partial charge in [0, 0.05) is 12.3 Å². The van der Waals surface area contributed by atoms with Crippen molar-refractivity contribution in [1.82, 2.24) is 4.98 Å². The van der Waals surface area contributed by atoms with Gasteiger partial charge in [0.05, 0.1) is 5.56 Å². The van der Waals surface area contributed by atoms with Gasteiger partial charge in [-0.15, -0.1) is 13.2 Å². The zero-order valence-corrected chi connectivity index (χ0v) is 7.26. The van der Waals surface area contributed by atoms with Crippen molar-refractivity contribution in [3.8, 4) is 5.75 Å². The first kappa shape index (κ1) is 10.8. The third-order valence-corrected chi connectivity index (χ3v) is 1.42. The van der Waals surface area contributed by atoms with Crippen molar-refractivity contribution in [2.24, 2.45) is 0 Å². The molecule has 0 bridgehead atoms. The molecule has 1 heterocycles. The lowest BCUT2D eigenvalue weighted by Crippen LogP contribution is -2.18. The molecule has 0 aliphatic heterocycles. The highest BCUT2D eigenvalue weighted by Gasteiger charge is 2.32. The van der Waals surface area contributed by atoms with E-state index in [1.165, 1.54) is 0 Å². The highest BCUT2D eigenvalue weighted by Crippen LogP contribution is 2.26. The molecule has 76 valence electrons. The van der Waals surface area contributed by atoms with Crippen LogP contribution in [0.15, 0.2) is 12.3 Å². The zero-order chi connectivity index (χ0) is 10.8. The van der Waals surface area contributed by atoms with Crippen LogP contribution in [0.2, 0.25) is 5.15 Å². The summed E-state index contributed by atoms with van der Waals surface area (Å²) in [6.07, 6.45) is -3.76. The van der Waals surface area contributed by atoms with Crippen LogP contribution in [0.25, 0.3) is 0 Å². The number of pyridine rings is 1. The number of rotatable bonds is 2. The first-order valence-corrected chi connectivity index (χ1v) is 3.66. The lowest BCUT2D eigenvalue weighted by molar-refractivity contribution is -0.274. The van der Waals surface area contributed by atoms with Gasteiger partial charge in [-0.2, -0.15) is 0 Å². The number of hydrogen-bond acceptors (Lipinski definition) is 3. The molecule has 0 amide bonds. The summed E-state index contributed by atoms with van der Waals surface area (Å²) in [7, 11) is 0. The second-order valence-corrected chi connectivity index (χ2v) is 2.60. The Bertz CT molecular complexity index is 353. The molecule has 3 nitrogen and oxygen atoms in total. The first-order valence-electron chi connectivity index (χ1n) is 3.29. The van der Waals surface area contributed by atoms with Gasteiger partial charge < -0.3 is 4.74 Å². The molecule has 1 aromatic heterocycles. The van der Waals surface area contributed by atoms with E-state index in [-0.39, 0.29) is 17.0 Å². The Labute approximate surface area is 81.5 Å². The van der Waals surface area contributed by atoms with Gasteiger partial charge in [0.1, 0.15) is 10.9 Å². The van der Waals surface area contributed by atoms with Crippen LogP contribution >= 0.6 is 11.6 Å². The number of hydrogen-bond donors (Lipinski definition) is 0. The van der Waals surface area contributed by atoms with E-state index in [0.29, 0.717) is 0 Å². The van der Waals surface area contributed by atoms with Gasteiger partial charge in [-0.05, 0) is 0 Å². The van der Waals surface area contributed by atoms with Gasteiger partial charge in [-0.3, -0.25) is 4.79 Å². The minimum Gasteiger partial charge on any atom is -0.405 e. The summed E-state index contributed by atoms with van der Waals surface area (Å²) >= 11 is 5.33. The molecule has 1 aromatic rings. The lowest BCUT2D eigenvalue weighted by Gasteiger charge is -2.09. The van der Waals surface area contributed by atoms with E-state index in [1.807, 2.05) is 0 Å². The second-order valence-electron chi connectivity index (χ2n) is 2.21. The predicted octanol–water partition coefficient (Wildman–Crippen LogP) is 2.45. The van der Waals surface area contributed by atoms with E-state index in [1.54, 1.807) is 0 Å². The first-order chi connectivity index (χ1) is 6.42. The van der Waals surface area contributed by atoms with Crippen molar-refractivity contribution in [2.45, 2.75) is 6.36 Å². The van der Waals surface area contributed by atoms with Gasteiger partial charge in [0.25, 0.3) is 0 Å². The van der Waals surface area contributed by atoms with Crippen molar-refractivity contribution in [2.75, 3.05) is 0 Å². The van der Waals surface area contributed by atoms with Crippen LogP contribution < -0.4 is 4.74 Å². The summed E-state index contributed by atoms with van der Waals surface area (Å²) < 4.78 is 38.9. The predicted molar refractivity (Wildman–Crippen MR) is 41.3 cm³/mol. The average molecular weight is 226 g/mol. The van der Waals surface area contributed by atoms with Crippen LogP contribution in [0, 0.1) is 0 Å². The molecule has 14 heavy (non-hydrogen) atoms. The minimum absolute atomic E-state index is 0.185. The molecule has 7 heteroatoms. The van der Waals surface area contributed by atoms with Gasteiger partial charge in [0.2, 0.25) is 0 Å². The smallest absolute Gasteiger partial charge is 0.405 e. The third-order valence-electron chi connectivity index (χ3n) is 1.21. The van der Waals surface area contributed by atoms with E-state index in [0.717, 1.165) is 12.3 Å².